The first kappa shape index (κ1) is 14.1. The van der Waals surface area contributed by atoms with Gasteiger partial charge >= 0.3 is 0 Å². The normalized spacial score (nSPS) is 10.4. The standard InChI is InChI=1S/C18H17N3O/c22-18(16-5-2-1-3-6-16)19-13-11-15-7-9-17(10-8-15)21-14-4-12-20-21/h1-10,12,14H,11,13H2,(H,19,22). The van der Waals surface area contributed by atoms with E-state index in [0.29, 0.717) is 12.1 Å². The molecule has 3 aromatic rings. The number of hydrogen-bond acceptors (Lipinski definition) is 2. The van der Waals surface area contributed by atoms with Gasteiger partial charge in [0.2, 0.25) is 0 Å². The van der Waals surface area contributed by atoms with Gasteiger partial charge in [-0.1, -0.05) is 30.3 Å². The Morgan fingerprint density at radius 2 is 1.77 bits per heavy atom. The number of nitrogens with one attached hydrogen (secondary N) is 1. The average Bonchev–Trinajstić information content (AvgIpc) is 3.11. The molecule has 2 aromatic carbocycles. The smallest absolute Gasteiger partial charge is 0.251 e. The minimum Gasteiger partial charge on any atom is -0.352 e. The van der Waals surface area contributed by atoms with Gasteiger partial charge < -0.3 is 5.32 Å². The second kappa shape index (κ2) is 6.72. The van der Waals surface area contributed by atoms with Crippen molar-refractivity contribution in [1.29, 1.82) is 0 Å². The third-order valence-electron chi connectivity index (χ3n) is 3.44. The van der Waals surface area contributed by atoms with Crippen LogP contribution in [0.4, 0.5) is 0 Å². The summed E-state index contributed by atoms with van der Waals surface area (Å²) in [6.07, 6.45) is 4.47. The van der Waals surface area contributed by atoms with E-state index in [9.17, 15) is 4.79 Å². The van der Waals surface area contributed by atoms with Gasteiger partial charge in [0.05, 0.1) is 5.69 Å². The Kier molecular flexibility index (Phi) is 4.30. The highest BCUT2D eigenvalue weighted by Crippen LogP contribution is 2.09. The number of carbonyl (C=O) groups excluding carboxylic acids is 1. The van der Waals surface area contributed by atoms with E-state index in [2.05, 4.69) is 22.5 Å². The predicted molar refractivity (Wildman–Crippen MR) is 86.0 cm³/mol. The zero-order valence-corrected chi connectivity index (χ0v) is 12.1. The molecule has 0 spiro atoms. The Morgan fingerprint density at radius 1 is 1.00 bits per heavy atom. The number of nitrogens with zero attached hydrogens (tertiary/aromatic N) is 2. The van der Waals surface area contributed by atoms with E-state index >= 15 is 0 Å². The van der Waals surface area contributed by atoms with Gasteiger partial charge in [0.1, 0.15) is 0 Å². The van der Waals surface area contributed by atoms with Crippen molar-refractivity contribution in [3.63, 3.8) is 0 Å². The van der Waals surface area contributed by atoms with Gasteiger partial charge in [0.15, 0.2) is 0 Å². The van der Waals surface area contributed by atoms with E-state index in [1.165, 1.54) is 5.56 Å². The molecule has 1 aromatic heterocycles. The van der Waals surface area contributed by atoms with Crippen LogP contribution < -0.4 is 5.32 Å². The van der Waals surface area contributed by atoms with Crippen LogP contribution in [-0.4, -0.2) is 22.2 Å². The number of amides is 1. The summed E-state index contributed by atoms with van der Waals surface area (Å²) in [6, 6.07) is 19.3. The van der Waals surface area contributed by atoms with Crippen molar-refractivity contribution in [2.24, 2.45) is 0 Å². The van der Waals surface area contributed by atoms with Gasteiger partial charge in [-0.2, -0.15) is 5.10 Å². The van der Waals surface area contributed by atoms with Gasteiger partial charge in [-0.05, 0) is 42.3 Å². The van der Waals surface area contributed by atoms with Crippen LogP contribution in [0, 0.1) is 0 Å². The Morgan fingerprint density at radius 3 is 2.45 bits per heavy atom. The molecule has 0 fully saturated rings. The first-order chi connectivity index (χ1) is 10.8. The minimum absolute atomic E-state index is 0.0336. The lowest BCUT2D eigenvalue weighted by atomic mass is 10.1. The van der Waals surface area contributed by atoms with Crippen molar-refractivity contribution in [1.82, 2.24) is 15.1 Å². The number of benzene rings is 2. The Labute approximate surface area is 129 Å². The molecule has 0 saturated carbocycles. The maximum Gasteiger partial charge on any atom is 0.251 e. The van der Waals surface area contributed by atoms with Crippen LogP contribution in [0.2, 0.25) is 0 Å². The number of hydrogen-bond donors (Lipinski definition) is 1. The highest BCUT2D eigenvalue weighted by atomic mass is 16.1. The van der Waals surface area contributed by atoms with E-state index in [0.717, 1.165) is 12.1 Å². The second-order valence-electron chi connectivity index (χ2n) is 4.99. The molecule has 3 rings (SSSR count). The summed E-state index contributed by atoms with van der Waals surface area (Å²) in [7, 11) is 0. The number of carbonyl (C=O) groups is 1. The van der Waals surface area contributed by atoms with Gasteiger partial charge in [-0.15, -0.1) is 0 Å². The van der Waals surface area contributed by atoms with Gasteiger partial charge in [0, 0.05) is 24.5 Å². The van der Waals surface area contributed by atoms with E-state index in [-0.39, 0.29) is 5.91 Å². The third-order valence-corrected chi connectivity index (χ3v) is 3.44. The molecule has 110 valence electrons. The lowest BCUT2D eigenvalue weighted by Gasteiger charge is -2.06. The summed E-state index contributed by atoms with van der Waals surface area (Å²) in [4.78, 5) is 11.9. The Balaban J connectivity index is 1.53. The summed E-state index contributed by atoms with van der Waals surface area (Å²) in [6.45, 7) is 0.620. The van der Waals surface area contributed by atoms with E-state index in [1.54, 1.807) is 6.20 Å². The average molecular weight is 291 g/mol. The summed E-state index contributed by atoms with van der Waals surface area (Å²) >= 11 is 0. The largest absolute Gasteiger partial charge is 0.352 e. The predicted octanol–water partition coefficient (Wildman–Crippen LogP) is 2.84. The maximum absolute atomic E-state index is 11.9. The molecule has 4 nitrogen and oxygen atoms in total. The minimum atomic E-state index is -0.0336. The molecule has 1 heterocycles. The SMILES string of the molecule is O=C(NCCc1ccc(-n2cccn2)cc1)c1ccccc1. The van der Waals surface area contributed by atoms with Crippen LogP contribution >= 0.6 is 0 Å². The highest BCUT2D eigenvalue weighted by molar-refractivity contribution is 5.94. The molecule has 0 saturated heterocycles. The lowest BCUT2D eigenvalue weighted by molar-refractivity contribution is 0.0954. The van der Waals surface area contributed by atoms with Crippen molar-refractivity contribution in [3.8, 4) is 5.69 Å². The molecule has 0 unspecified atom stereocenters. The molecular formula is C18H17N3O. The first-order valence-corrected chi connectivity index (χ1v) is 7.25. The van der Waals surface area contributed by atoms with Crippen LogP contribution in [0.1, 0.15) is 15.9 Å². The van der Waals surface area contributed by atoms with Crippen molar-refractivity contribution < 1.29 is 4.79 Å². The van der Waals surface area contributed by atoms with Crippen molar-refractivity contribution in [2.75, 3.05) is 6.54 Å². The summed E-state index contributed by atoms with van der Waals surface area (Å²) in [5.41, 5.74) is 2.91. The molecule has 0 bridgehead atoms. The van der Waals surface area contributed by atoms with Gasteiger partial charge in [-0.3, -0.25) is 4.79 Å². The number of aromatic nitrogens is 2. The van der Waals surface area contributed by atoms with Crippen molar-refractivity contribution in [2.45, 2.75) is 6.42 Å². The summed E-state index contributed by atoms with van der Waals surface area (Å²) < 4.78 is 1.82. The monoisotopic (exact) mass is 291 g/mol. The molecule has 22 heavy (non-hydrogen) atoms. The van der Waals surface area contributed by atoms with E-state index in [4.69, 9.17) is 0 Å². The van der Waals surface area contributed by atoms with Crippen LogP contribution in [0.3, 0.4) is 0 Å². The molecule has 0 aliphatic rings. The topological polar surface area (TPSA) is 46.9 Å². The third kappa shape index (κ3) is 3.41. The molecule has 1 N–H and O–H groups in total. The Bertz CT molecular complexity index is 719. The first-order valence-electron chi connectivity index (χ1n) is 7.25. The molecule has 0 atom stereocenters. The number of rotatable bonds is 5. The molecule has 0 radical (unpaired) electrons. The fourth-order valence-electron chi connectivity index (χ4n) is 2.25. The quantitative estimate of drug-likeness (QED) is 0.785. The fourth-order valence-corrected chi connectivity index (χ4v) is 2.25. The molecule has 0 aliphatic carbocycles. The van der Waals surface area contributed by atoms with Gasteiger partial charge in [0.25, 0.3) is 5.91 Å². The van der Waals surface area contributed by atoms with Crippen LogP contribution in [-0.2, 0) is 6.42 Å². The maximum atomic E-state index is 11.9. The molecule has 0 aliphatic heterocycles. The van der Waals surface area contributed by atoms with Crippen LogP contribution in [0.15, 0.2) is 73.1 Å². The van der Waals surface area contributed by atoms with Gasteiger partial charge in [-0.25, -0.2) is 4.68 Å². The van der Waals surface area contributed by atoms with E-state index < -0.39 is 0 Å². The van der Waals surface area contributed by atoms with E-state index in [1.807, 2.05) is 59.4 Å². The van der Waals surface area contributed by atoms with Crippen LogP contribution in [0.25, 0.3) is 5.69 Å². The summed E-state index contributed by atoms with van der Waals surface area (Å²) in [5, 5.41) is 7.13. The summed E-state index contributed by atoms with van der Waals surface area (Å²) in [5.74, 6) is -0.0336. The highest BCUT2D eigenvalue weighted by Gasteiger charge is 2.03. The lowest BCUT2D eigenvalue weighted by Crippen LogP contribution is -2.25. The molecule has 4 heteroatoms. The molecular weight excluding hydrogens is 274 g/mol. The van der Waals surface area contributed by atoms with Crippen molar-refractivity contribution in [3.05, 3.63) is 84.2 Å². The molecule has 1 amide bonds. The second-order valence-corrected chi connectivity index (χ2v) is 4.99. The Hall–Kier alpha value is -2.88. The zero-order valence-electron chi connectivity index (χ0n) is 12.1. The van der Waals surface area contributed by atoms with Crippen LogP contribution in [0.5, 0.6) is 0 Å². The van der Waals surface area contributed by atoms with Crippen molar-refractivity contribution >= 4 is 5.91 Å². The zero-order chi connectivity index (χ0) is 15.2. The fraction of sp³-hybridized carbons (Fsp3) is 0.111.